The fraction of sp³-hybridized carbons (Fsp3) is 0.676. The molecule has 0 radical (unpaired) electrons. The van der Waals surface area contributed by atoms with Gasteiger partial charge in [0.2, 0.25) is 5.91 Å². The highest BCUT2D eigenvalue weighted by Crippen LogP contribution is 2.62. The highest BCUT2D eigenvalue weighted by atomic mass is 16.2. The van der Waals surface area contributed by atoms with Crippen LogP contribution in [-0.2, 0) is 27.3 Å². The third-order valence-corrected chi connectivity index (χ3v) is 10.6. The van der Waals surface area contributed by atoms with Gasteiger partial charge in [0, 0.05) is 56.4 Å². The molecule has 3 aliphatic heterocycles. The summed E-state index contributed by atoms with van der Waals surface area (Å²) in [5, 5.41) is 5.59. The molecule has 2 aromatic rings. The summed E-state index contributed by atoms with van der Waals surface area (Å²) >= 11 is 0. The smallest absolute Gasteiger partial charge is 0.245 e. The summed E-state index contributed by atoms with van der Waals surface area (Å²) < 4.78 is 1.75. The summed E-state index contributed by atoms with van der Waals surface area (Å²) in [6, 6.07) is 3.89. The Balaban J connectivity index is 1.43. The minimum Gasteiger partial charge on any atom is -0.372 e. The van der Waals surface area contributed by atoms with Crippen LogP contribution in [0.3, 0.4) is 0 Å². The van der Waals surface area contributed by atoms with Gasteiger partial charge < -0.3 is 9.80 Å². The molecule has 2 bridgehead atoms. The Labute approximate surface area is 249 Å². The van der Waals surface area contributed by atoms with Crippen molar-refractivity contribution in [2.45, 2.75) is 123 Å². The molecule has 1 aliphatic carbocycles. The van der Waals surface area contributed by atoms with E-state index in [2.05, 4.69) is 30.9 Å². The van der Waals surface area contributed by atoms with Crippen LogP contribution < -0.4 is 4.90 Å². The predicted molar refractivity (Wildman–Crippen MR) is 163 cm³/mol. The number of nitrogens with zero attached hydrogens (tertiary/aromatic N) is 4. The van der Waals surface area contributed by atoms with E-state index in [1.54, 1.807) is 11.6 Å². The minimum atomic E-state index is -0.443. The Morgan fingerprint density at radius 3 is 2.48 bits per heavy atom. The summed E-state index contributed by atoms with van der Waals surface area (Å²) in [7, 11) is 0. The third-order valence-electron chi connectivity index (χ3n) is 10.6. The second-order valence-corrected chi connectivity index (χ2v) is 14.3. The molecule has 1 aromatic carbocycles. The SMILES string of the molecule is CCC(=O)[C@@H]1C[C@]23CCC(=O)CC(C)(C)CCCCc4cc(N5CCCC5)cc5c(C(C)=O)nn(c45)CC(=O)N1[C@@H]2C3. The van der Waals surface area contributed by atoms with E-state index in [1.807, 2.05) is 11.8 Å². The molecular formula is C34H46N4O4. The average Bonchev–Trinajstić information content (AvgIpc) is 3.31. The zero-order valence-electron chi connectivity index (χ0n) is 25.8. The van der Waals surface area contributed by atoms with E-state index in [0.29, 0.717) is 37.2 Å². The van der Waals surface area contributed by atoms with Gasteiger partial charge in [0.05, 0.1) is 11.6 Å². The van der Waals surface area contributed by atoms with Crippen molar-refractivity contribution in [2.24, 2.45) is 10.8 Å². The van der Waals surface area contributed by atoms with E-state index < -0.39 is 6.04 Å². The number of Topliss-reactive ketones (excluding diaryl/α,β-unsaturated/α-hetero) is 3. The molecule has 1 amide bonds. The number of anilines is 1. The lowest BCUT2D eigenvalue weighted by atomic mass is 9.80. The van der Waals surface area contributed by atoms with Gasteiger partial charge in [-0.1, -0.05) is 27.2 Å². The van der Waals surface area contributed by atoms with Crippen LogP contribution in [0.2, 0.25) is 0 Å². The van der Waals surface area contributed by atoms with Gasteiger partial charge in [-0.15, -0.1) is 0 Å². The van der Waals surface area contributed by atoms with Gasteiger partial charge in [-0.2, -0.15) is 5.10 Å². The quantitative estimate of drug-likeness (QED) is 0.437. The van der Waals surface area contributed by atoms with Crippen molar-refractivity contribution in [3.8, 4) is 0 Å². The number of aryl methyl sites for hydroxylation is 1. The summed E-state index contributed by atoms with van der Waals surface area (Å²) in [5.74, 6) is 0.162. The van der Waals surface area contributed by atoms with E-state index in [-0.39, 0.29) is 40.9 Å². The van der Waals surface area contributed by atoms with Crippen LogP contribution in [0.25, 0.3) is 10.9 Å². The molecule has 4 aliphatic rings. The number of hydrogen-bond acceptors (Lipinski definition) is 6. The van der Waals surface area contributed by atoms with Crippen molar-refractivity contribution in [3.05, 3.63) is 23.4 Å². The summed E-state index contributed by atoms with van der Waals surface area (Å²) in [4.78, 5) is 57.4. The second-order valence-electron chi connectivity index (χ2n) is 14.3. The molecule has 0 N–H and O–H groups in total. The van der Waals surface area contributed by atoms with Gasteiger partial charge >= 0.3 is 0 Å². The lowest BCUT2D eigenvalue weighted by Gasteiger charge is -2.27. The average molecular weight is 575 g/mol. The highest BCUT2D eigenvalue weighted by Gasteiger charge is 2.66. The first-order chi connectivity index (χ1) is 20.0. The molecule has 6 rings (SSSR count). The first-order valence-corrected chi connectivity index (χ1v) is 16.2. The van der Waals surface area contributed by atoms with Crippen LogP contribution in [0.15, 0.2) is 12.1 Å². The van der Waals surface area contributed by atoms with Crippen molar-refractivity contribution in [3.63, 3.8) is 0 Å². The second kappa shape index (κ2) is 10.9. The molecule has 226 valence electrons. The van der Waals surface area contributed by atoms with E-state index in [9.17, 15) is 19.2 Å². The van der Waals surface area contributed by atoms with Gasteiger partial charge in [-0.05, 0) is 79.9 Å². The molecule has 0 unspecified atom stereocenters. The molecule has 2 saturated heterocycles. The van der Waals surface area contributed by atoms with Crippen LogP contribution in [0.1, 0.15) is 114 Å². The minimum absolute atomic E-state index is 0.00247. The fourth-order valence-electron chi connectivity index (χ4n) is 8.20. The molecule has 0 spiro atoms. The van der Waals surface area contributed by atoms with Crippen LogP contribution in [0, 0.1) is 10.8 Å². The molecule has 4 heterocycles. The van der Waals surface area contributed by atoms with Crippen molar-refractivity contribution in [1.82, 2.24) is 14.7 Å². The number of rotatable bonds is 4. The van der Waals surface area contributed by atoms with E-state index in [4.69, 9.17) is 5.10 Å². The highest BCUT2D eigenvalue weighted by molar-refractivity contribution is 6.07. The van der Waals surface area contributed by atoms with Crippen LogP contribution in [0.4, 0.5) is 5.69 Å². The normalized spacial score (nSPS) is 28.2. The third kappa shape index (κ3) is 5.30. The maximum Gasteiger partial charge on any atom is 0.245 e. The Hall–Kier alpha value is -3.03. The van der Waals surface area contributed by atoms with Crippen LogP contribution in [0.5, 0.6) is 0 Å². The number of carbonyl (C=O) groups excluding carboxylic acids is 4. The molecule has 3 atom stereocenters. The number of amides is 1. The molecule has 1 saturated carbocycles. The Morgan fingerprint density at radius 1 is 1.00 bits per heavy atom. The van der Waals surface area contributed by atoms with Crippen molar-refractivity contribution >= 4 is 39.8 Å². The number of carbonyl (C=O) groups is 4. The first-order valence-electron chi connectivity index (χ1n) is 16.2. The zero-order chi connectivity index (χ0) is 29.8. The largest absolute Gasteiger partial charge is 0.372 e. The van der Waals surface area contributed by atoms with Crippen molar-refractivity contribution < 1.29 is 19.2 Å². The lowest BCUT2D eigenvalue weighted by Crippen LogP contribution is -2.44. The lowest BCUT2D eigenvalue weighted by molar-refractivity contribution is -0.139. The number of aromatic nitrogens is 2. The number of hydrogen-bond donors (Lipinski definition) is 0. The zero-order valence-corrected chi connectivity index (χ0v) is 25.8. The maximum absolute atomic E-state index is 14.1. The number of ketones is 3. The van der Waals surface area contributed by atoms with Gasteiger partial charge in [0.25, 0.3) is 0 Å². The van der Waals surface area contributed by atoms with Gasteiger partial charge in [-0.3, -0.25) is 23.9 Å². The van der Waals surface area contributed by atoms with Gasteiger partial charge in [0.1, 0.15) is 18.0 Å². The number of piperidine rings is 1. The van der Waals surface area contributed by atoms with Gasteiger partial charge in [-0.25, -0.2) is 0 Å². The molecule has 8 heteroatoms. The van der Waals surface area contributed by atoms with Crippen molar-refractivity contribution in [1.29, 1.82) is 0 Å². The van der Waals surface area contributed by atoms with Crippen LogP contribution >= 0.6 is 0 Å². The molecular weight excluding hydrogens is 528 g/mol. The Morgan fingerprint density at radius 2 is 1.76 bits per heavy atom. The molecule has 42 heavy (non-hydrogen) atoms. The predicted octanol–water partition coefficient (Wildman–Crippen LogP) is 5.67. The summed E-state index contributed by atoms with van der Waals surface area (Å²) in [6.45, 7) is 9.81. The van der Waals surface area contributed by atoms with Crippen molar-refractivity contribution in [2.75, 3.05) is 18.0 Å². The standard InChI is InChI=1S/C34H46N4O4/c1-5-28(41)27-19-34-13-11-25(40)18-33(3,4)12-7-6-10-23-16-24(36-14-8-9-15-36)17-26-31(22(2)39)35-37(32(23)26)21-30(42)38(27)29(34)20-34/h16-17,27,29H,5-15,18-21H2,1-4H3/t27-,29+,34-/m0/s1. The number of benzene rings is 1. The topological polar surface area (TPSA) is 92.6 Å². The Bertz CT molecular complexity index is 1430. The van der Waals surface area contributed by atoms with E-state index in [1.165, 1.54) is 0 Å². The van der Waals surface area contributed by atoms with E-state index in [0.717, 1.165) is 86.6 Å². The van der Waals surface area contributed by atoms with E-state index >= 15 is 0 Å². The molecule has 1 aromatic heterocycles. The summed E-state index contributed by atoms with van der Waals surface area (Å²) in [5.41, 5.74) is 3.32. The Kier molecular flexibility index (Phi) is 7.55. The molecule has 8 nitrogen and oxygen atoms in total. The van der Waals surface area contributed by atoms with Crippen LogP contribution in [-0.4, -0.2) is 63.1 Å². The molecule has 3 fully saturated rings. The fourth-order valence-corrected chi connectivity index (χ4v) is 8.20. The maximum atomic E-state index is 14.1. The monoisotopic (exact) mass is 574 g/mol. The summed E-state index contributed by atoms with van der Waals surface area (Å²) in [6.07, 6.45) is 9.76. The van der Waals surface area contributed by atoms with Gasteiger partial charge in [0.15, 0.2) is 11.6 Å². The first kappa shape index (κ1) is 29.1.